The third kappa shape index (κ3) is 3.13. The number of hydrogen-bond donors (Lipinski definition) is 1. The Morgan fingerprint density at radius 1 is 1.53 bits per heavy atom. The summed E-state index contributed by atoms with van der Waals surface area (Å²) in [4.78, 5) is 12.0. The van der Waals surface area contributed by atoms with E-state index in [0.717, 1.165) is 25.9 Å². The molecule has 0 aliphatic carbocycles. The molecule has 0 saturated carbocycles. The molecule has 1 heterocycles. The van der Waals surface area contributed by atoms with E-state index >= 15 is 0 Å². The van der Waals surface area contributed by atoms with Gasteiger partial charge in [0.25, 0.3) is 0 Å². The van der Waals surface area contributed by atoms with Crippen LogP contribution in [-0.2, 0) is 0 Å². The molecule has 2 nitrogen and oxygen atoms in total. The number of ketones is 1. The van der Waals surface area contributed by atoms with E-state index in [2.05, 4.69) is 5.32 Å². The maximum atomic E-state index is 13.4. The van der Waals surface area contributed by atoms with E-state index in [-0.39, 0.29) is 11.6 Å². The standard InChI is InChI=1S/C14H18FNO/c1-10-4-5-12(8-13(10)15)14(17)7-11-3-2-6-16-9-11/h4-5,8,11,16H,2-3,6-7,9H2,1H3. The minimum atomic E-state index is -0.294. The van der Waals surface area contributed by atoms with Gasteiger partial charge in [-0.3, -0.25) is 4.79 Å². The number of Topliss-reactive ketones (excluding diaryl/α,β-unsaturated/α-hetero) is 1. The van der Waals surface area contributed by atoms with Gasteiger partial charge in [0.1, 0.15) is 5.82 Å². The highest BCUT2D eigenvalue weighted by atomic mass is 19.1. The number of aryl methyl sites for hydroxylation is 1. The lowest BCUT2D eigenvalue weighted by Crippen LogP contribution is -2.31. The number of nitrogens with one attached hydrogen (secondary N) is 1. The lowest BCUT2D eigenvalue weighted by Gasteiger charge is -2.21. The van der Waals surface area contributed by atoms with Crippen LogP contribution in [0.1, 0.15) is 35.2 Å². The highest BCUT2D eigenvalue weighted by Crippen LogP contribution is 2.18. The van der Waals surface area contributed by atoms with E-state index in [1.54, 1.807) is 19.1 Å². The lowest BCUT2D eigenvalue weighted by molar-refractivity contribution is 0.0953. The Kier molecular flexibility index (Phi) is 3.89. The summed E-state index contributed by atoms with van der Waals surface area (Å²) in [6.45, 7) is 3.65. The van der Waals surface area contributed by atoms with Crippen LogP contribution in [0.2, 0.25) is 0 Å². The molecule has 1 saturated heterocycles. The average molecular weight is 235 g/mol. The summed E-state index contributed by atoms with van der Waals surface area (Å²) in [5.74, 6) is 0.163. The Morgan fingerprint density at radius 3 is 3.00 bits per heavy atom. The van der Waals surface area contributed by atoms with Gasteiger partial charge in [0.2, 0.25) is 0 Å². The van der Waals surface area contributed by atoms with Crippen molar-refractivity contribution in [2.45, 2.75) is 26.2 Å². The average Bonchev–Trinajstić information content (AvgIpc) is 2.34. The number of hydrogen-bond acceptors (Lipinski definition) is 2. The third-order valence-electron chi connectivity index (χ3n) is 3.37. The predicted molar refractivity (Wildman–Crippen MR) is 65.7 cm³/mol. The highest BCUT2D eigenvalue weighted by molar-refractivity contribution is 5.96. The fourth-order valence-electron chi connectivity index (χ4n) is 2.24. The second kappa shape index (κ2) is 5.41. The zero-order valence-electron chi connectivity index (χ0n) is 10.1. The monoisotopic (exact) mass is 235 g/mol. The molecule has 1 atom stereocenters. The summed E-state index contributed by atoms with van der Waals surface area (Å²) in [6, 6.07) is 4.74. The van der Waals surface area contributed by atoms with Gasteiger partial charge in [-0.2, -0.15) is 0 Å². The Bertz CT molecular complexity index is 411. The number of piperidine rings is 1. The maximum Gasteiger partial charge on any atom is 0.163 e. The van der Waals surface area contributed by atoms with Crippen molar-refractivity contribution in [2.75, 3.05) is 13.1 Å². The van der Waals surface area contributed by atoms with Gasteiger partial charge < -0.3 is 5.32 Å². The molecule has 92 valence electrons. The van der Waals surface area contributed by atoms with Crippen LogP contribution in [-0.4, -0.2) is 18.9 Å². The quantitative estimate of drug-likeness (QED) is 0.816. The Hall–Kier alpha value is -1.22. The van der Waals surface area contributed by atoms with Crippen LogP contribution in [0.15, 0.2) is 18.2 Å². The van der Waals surface area contributed by atoms with Gasteiger partial charge in [0.05, 0.1) is 0 Å². The second-order valence-electron chi connectivity index (χ2n) is 4.80. The lowest BCUT2D eigenvalue weighted by atomic mass is 9.92. The van der Waals surface area contributed by atoms with E-state index in [1.807, 2.05) is 0 Å². The first-order chi connectivity index (χ1) is 8.16. The van der Waals surface area contributed by atoms with Crippen molar-refractivity contribution >= 4 is 5.78 Å². The van der Waals surface area contributed by atoms with Crippen molar-refractivity contribution in [2.24, 2.45) is 5.92 Å². The Morgan fingerprint density at radius 2 is 2.35 bits per heavy atom. The van der Waals surface area contributed by atoms with Crippen LogP contribution in [0.4, 0.5) is 4.39 Å². The highest BCUT2D eigenvalue weighted by Gasteiger charge is 2.18. The van der Waals surface area contributed by atoms with Gasteiger partial charge in [-0.25, -0.2) is 4.39 Å². The molecule has 1 aliphatic heterocycles. The molecule has 2 rings (SSSR count). The number of benzene rings is 1. The van der Waals surface area contributed by atoms with E-state index in [0.29, 0.717) is 23.5 Å². The molecule has 1 fully saturated rings. The molecule has 0 aromatic heterocycles. The van der Waals surface area contributed by atoms with E-state index in [9.17, 15) is 9.18 Å². The SMILES string of the molecule is Cc1ccc(C(=O)CC2CCCNC2)cc1F. The molecular weight excluding hydrogens is 217 g/mol. The smallest absolute Gasteiger partial charge is 0.163 e. The summed E-state index contributed by atoms with van der Waals surface area (Å²) < 4.78 is 13.4. The van der Waals surface area contributed by atoms with Gasteiger partial charge in [0.15, 0.2) is 5.78 Å². The summed E-state index contributed by atoms with van der Waals surface area (Å²) in [5, 5.41) is 3.29. The molecule has 0 radical (unpaired) electrons. The minimum absolute atomic E-state index is 0.0533. The van der Waals surface area contributed by atoms with Crippen LogP contribution >= 0.6 is 0 Å². The van der Waals surface area contributed by atoms with Crippen LogP contribution in [0.25, 0.3) is 0 Å². The minimum Gasteiger partial charge on any atom is -0.316 e. The fourth-order valence-corrected chi connectivity index (χ4v) is 2.24. The number of carbonyl (C=O) groups is 1. The van der Waals surface area contributed by atoms with Gasteiger partial charge >= 0.3 is 0 Å². The summed E-state index contributed by atoms with van der Waals surface area (Å²) in [5.41, 5.74) is 1.08. The number of rotatable bonds is 3. The Balaban J connectivity index is 2.01. The third-order valence-corrected chi connectivity index (χ3v) is 3.37. The molecule has 3 heteroatoms. The normalized spacial score (nSPS) is 20.2. The first kappa shape index (κ1) is 12.2. The molecule has 0 amide bonds. The van der Waals surface area contributed by atoms with Crippen LogP contribution in [0, 0.1) is 18.7 Å². The molecule has 1 aromatic carbocycles. The largest absolute Gasteiger partial charge is 0.316 e. The van der Waals surface area contributed by atoms with Crippen molar-refractivity contribution in [3.8, 4) is 0 Å². The maximum absolute atomic E-state index is 13.4. The first-order valence-electron chi connectivity index (χ1n) is 6.17. The van der Waals surface area contributed by atoms with Gasteiger partial charge in [-0.15, -0.1) is 0 Å². The first-order valence-corrected chi connectivity index (χ1v) is 6.17. The molecule has 17 heavy (non-hydrogen) atoms. The Labute approximate surface area is 101 Å². The van der Waals surface area contributed by atoms with Gasteiger partial charge in [0, 0.05) is 12.0 Å². The summed E-state index contributed by atoms with van der Waals surface area (Å²) in [7, 11) is 0. The topological polar surface area (TPSA) is 29.1 Å². The molecule has 1 aliphatic rings. The zero-order chi connectivity index (χ0) is 12.3. The molecule has 0 bridgehead atoms. The fraction of sp³-hybridized carbons (Fsp3) is 0.500. The van der Waals surface area contributed by atoms with Crippen LogP contribution < -0.4 is 5.32 Å². The molecule has 0 spiro atoms. The number of halogens is 1. The van der Waals surface area contributed by atoms with Crippen LogP contribution in [0.5, 0.6) is 0 Å². The van der Waals surface area contributed by atoms with Gasteiger partial charge in [-0.05, 0) is 50.4 Å². The van der Waals surface area contributed by atoms with Crippen molar-refractivity contribution in [1.29, 1.82) is 0 Å². The van der Waals surface area contributed by atoms with Crippen molar-refractivity contribution in [3.63, 3.8) is 0 Å². The number of carbonyl (C=O) groups excluding carboxylic acids is 1. The predicted octanol–water partition coefficient (Wildman–Crippen LogP) is 2.71. The van der Waals surface area contributed by atoms with Crippen molar-refractivity contribution in [3.05, 3.63) is 35.1 Å². The van der Waals surface area contributed by atoms with Gasteiger partial charge in [-0.1, -0.05) is 12.1 Å². The summed E-state index contributed by atoms with van der Waals surface area (Å²) in [6.07, 6.45) is 2.74. The molecular formula is C14H18FNO. The van der Waals surface area contributed by atoms with Crippen LogP contribution in [0.3, 0.4) is 0 Å². The molecule has 1 aromatic rings. The molecule has 1 unspecified atom stereocenters. The van der Waals surface area contributed by atoms with Crippen molar-refractivity contribution < 1.29 is 9.18 Å². The second-order valence-corrected chi connectivity index (χ2v) is 4.80. The summed E-state index contributed by atoms with van der Waals surface area (Å²) >= 11 is 0. The molecule has 1 N–H and O–H groups in total. The van der Waals surface area contributed by atoms with E-state index < -0.39 is 0 Å². The van der Waals surface area contributed by atoms with Crippen molar-refractivity contribution in [1.82, 2.24) is 5.32 Å². The zero-order valence-corrected chi connectivity index (χ0v) is 10.1. The van der Waals surface area contributed by atoms with E-state index in [1.165, 1.54) is 6.07 Å². The van der Waals surface area contributed by atoms with E-state index in [4.69, 9.17) is 0 Å².